The summed E-state index contributed by atoms with van der Waals surface area (Å²) in [5.41, 5.74) is 2.29. The predicted molar refractivity (Wildman–Crippen MR) is 32.2 cm³/mol. The second-order valence-electron chi connectivity index (χ2n) is 1.29. The highest BCUT2D eigenvalue weighted by atomic mass is 79.9. The third kappa shape index (κ3) is 1.23. The van der Waals surface area contributed by atoms with E-state index in [0.717, 1.165) is 0 Å². The molecular formula is C4H4BrFN2. The van der Waals surface area contributed by atoms with Crippen LogP contribution in [0.5, 0.6) is 0 Å². The summed E-state index contributed by atoms with van der Waals surface area (Å²) in [5.74, 6) is 0. The molecule has 0 saturated heterocycles. The summed E-state index contributed by atoms with van der Waals surface area (Å²) in [6, 6.07) is 0. The molecule has 1 aliphatic rings. The number of allylic oxidation sites excluding steroid dienone is 2. The van der Waals surface area contributed by atoms with Gasteiger partial charge in [0.15, 0.2) is 0 Å². The third-order valence-electron chi connectivity index (χ3n) is 0.677. The maximum Gasteiger partial charge on any atom is 0.0712 e. The van der Waals surface area contributed by atoms with E-state index in [0.29, 0.717) is 9.71 Å². The van der Waals surface area contributed by atoms with Crippen molar-refractivity contribution in [3.05, 3.63) is 23.0 Å². The second-order valence-corrected chi connectivity index (χ2v) is 2.20. The highest BCUT2D eigenvalue weighted by molar-refractivity contribution is 9.11. The summed E-state index contributed by atoms with van der Waals surface area (Å²) < 4.78 is 12.7. The van der Waals surface area contributed by atoms with Gasteiger partial charge >= 0.3 is 0 Å². The molecule has 0 aromatic heterocycles. The van der Waals surface area contributed by atoms with Gasteiger partial charge < -0.3 is 0 Å². The number of hydrogen-bond acceptors (Lipinski definition) is 2. The van der Waals surface area contributed by atoms with Gasteiger partial charge in [0.25, 0.3) is 0 Å². The second kappa shape index (κ2) is 2.17. The summed E-state index contributed by atoms with van der Waals surface area (Å²) in [6.45, 7) is 0. The standard InChI is InChI=1S/C4H4BrFN2/c5-4-1-2-7-8(6)3-4/h1-3,7H. The van der Waals surface area contributed by atoms with Crippen molar-refractivity contribution in [2.24, 2.45) is 0 Å². The van der Waals surface area contributed by atoms with E-state index in [1.165, 1.54) is 12.4 Å². The van der Waals surface area contributed by atoms with Crippen LogP contribution in [0, 0.1) is 0 Å². The summed E-state index contributed by atoms with van der Waals surface area (Å²) >= 11 is 3.08. The first-order valence-corrected chi connectivity index (χ1v) is 2.83. The molecule has 0 unspecified atom stereocenters. The monoisotopic (exact) mass is 178 g/mol. The van der Waals surface area contributed by atoms with Crippen molar-refractivity contribution in [2.75, 3.05) is 0 Å². The Kier molecular flexibility index (Phi) is 1.53. The Labute approximate surface area is 54.7 Å². The van der Waals surface area contributed by atoms with Crippen LogP contribution < -0.4 is 5.43 Å². The van der Waals surface area contributed by atoms with E-state index >= 15 is 0 Å². The first-order chi connectivity index (χ1) is 3.79. The molecule has 0 spiro atoms. The minimum atomic E-state index is 0.365. The first kappa shape index (κ1) is 5.62. The number of nitrogens with one attached hydrogen (secondary N) is 1. The van der Waals surface area contributed by atoms with Gasteiger partial charge in [-0.3, -0.25) is 5.43 Å². The molecule has 0 radical (unpaired) electrons. The van der Waals surface area contributed by atoms with Gasteiger partial charge in [-0.1, -0.05) is 4.48 Å². The molecule has 0 bridgehead atoms. The van der Waals surface area contributed by atoms with E-state index in [2.05, 4.69) is 21.4 Å². The van der Waals surface area contributed by atoms with E-state index in [-0.39, 0.29) is 0 Å². The number of rotatable bonds is 0. The third-order valence-corrected chi connectivity index (χ3v) is 1.15. The molecule has 44 valence electrons. The molecule has 0 aromatic rings. The first-order valence-electron chi connectivity index (χ1n) is 2.04. The van der Waals surface area contributed by atoms with Crippen LogP contribution in [-0.4, -0.2) is 5.23 Å². The van der Waals surface area contributed by atoms with Gasteiger partial charge in [-0.15, -0.1) is 5.23 Å². The van der Waals surface area contributed by atoms with E-state index < -0.39 is 0 Å². The molecule has 1 aliphatic heterocycles. The zero-order valence-electron chi connectivity index (χ0n) is 3.94. The molecule has 1 heterocycles. The number of nitrogens with zero attached hydrogens (tertiary/aromatic N) is 1. The lowest BCUT2D eigenvalue weighted by Crippen LogP contribution is -2.21. The van der Waals surface area contributed by atoms with Crippen molar-refractivity contribution in [1.29, 1.82) is 0 Å². The fraction of sp³-hybridized carbons (Fsp3) is 0. The van der Waals surface area contributed by atoms with E-state index in [1.807, 2.05) is 0 Å². The number of hydrogen-bond donors (Lipinski definition) is 1. The quantitative estimate of drug-likeness (QED) is 0.566. The smallest absolute Gasteiger partial charge is 0.0712 e. The summed E-state index contributed by atoms with van der Waals surface area (Å²) in [6.07, 6.45) is 4.47. The lowest BCUT2D eigenvalue weighted by Gasteiger charge is -2.10. The maximum atomic E-state index is 12.0. The highest BCUT2D eigenvalue weighted by Gasteiger charge is 1.96. The Morgan fingerprint density at radius 3 is 2.88 bits per heavy atom. The van der Waals surface area contributed by atoms with Crippen LogP contribution in [0.4, 0.5) is 4.48 Å². The van der Waals surface area contributed by atoms with Gasteiger partial charge in [0.2, 0.25) is 0 Å². The Balaban J connectivity index is 2.63. The molecule has 8 heavy (non-hydrogen) atoms. The van der Waals surface area contributed by atoms with Gasteiger partial charge in [0.05, 0.1) is 6.20 Å². The van der Waals surface area contributed by atoms with Crippen molar-refractivity contribution in [3.63, 3.8) is 0 Å². The molecule has 0 fully saturated rings. The van der Waals surface area contributed by atoms with Crippen LogP contribution in [0.2, 0.25) is 0 Å². The average Bonchev–Trinajstić information content (AvgIpc) is 1.64. The highest BCUT2D eigenvalue weighted by Crippen LogP contribution is 2.09. The SMILES string of the molecule is FN1C=C(Br)C=CN1. The summed E-state index contributed by atoms with van der Waals surface area (Å²) in [7, 11) is 0. The molecule has 4 heteroatoms. The van der Waals surface area contributed by atoms with Crippen molar-refractivity contribution in [1.82, 2.24) is 10.7 Å². The van der Waals surface area contributed by atoms with Gasteiger partial charge in [-0.05, 0) is 22.0 Å². The van der Waals surface area contributed by atoms with Crippen molar-refractivity contribution in [2.45, 2.75) is 0 Å². The molecule has 1 rings (SSSR count). The summed E-state index contributed by atoms with van der Waals surface area (Å²) in [5, 5.41) is 0.365. The molecule has 1 N–H and O–H groups in total. The van der Waals surface area contributed by atoms with E-state index in [4.69, 9.17) is 0 Å². The van der Waals surface area contributed by atoms with Gasteiger partial charge in [-0.25, -0.2) is 0 Å². The number of hydrazine groups is 1. The van der Waals surface area contributed by atoms with Gasteiger partial charge in [-0.2, -0.15) is 0 Å². The van der Waals surface area contributed by atoms with Crippen LogP contribution in [0.1, 0.15) is 0 Å². The Morgan fingerprint density at radius 1 is 1.75 bits per heavy atom. The molecule has 0 saturated carbocycles. The molecule has 0 aromatic carbocycles. The zero-order chi connectivity index (χ0) is 5.98. The predicted octanol–water partition coefficient (Wildman–Crippen LogP) is 1.44. The largest absolute Gasteiger partial charge is 0.278 e. The van der Waals surface area contributed by atoms with Crippen LogP contribution in [0.15, 0.2) is 23.0 Å². The lowest BCUT2D eigenvalue weighted by atomic mass is 10.5. The van der Waals surface area contributed by atoms with Crippen molar-refractivity contribution >= 4 is 15.9 Å². The van der Waals surface area contributed by atoms with Crippen LogP contribution in [0.3, 0.4) is 0 Å². The molecule has 0 amide bonds. The van der Waals surface area contributed by atoms with Crippen molar-refractivity contribution < 1.29 is 4.48 Å². The molecular weight excluding hydrogens is 175 g/mol. The van der Waals surface area contributed by atoms with Crippen molar-refractivity contribution in [3.8, 4) is 0 Å². The Hall–Kier alpha value is -0.510. The topological polar surface area (TPSA) is 15.3 Å². The van der Waals surface area contributed by atoms with Gasteiger partial charge in [0, 0.05) is 10.7 Å². The minimum Gasteiger partial charge on any atom is -0.278 e. The number of halogens is 2. The fourth-order valence-electron chi connectivity index (χ4n) is 0.377. The summed E-state index contributed by atoms with van der Waals surface area (Å²) in [4.78, 5) is 0. The molecule has 0 atom stereocenters. The van der Waals surface area contributed by atoms with E-state index in [1.54, 1.807) is 6.08 Å². The van der Waals surface area contributed by atoms with Crippen LogP contribution >= 0.6 is 15.9 Å². The maximum absolute atomic E-state index is 12.0. The molecule has 0 aliphatic carbocycles. The average molecular weight is 179 g/mol. The van der Waals surface area contributed by atoms with Gasteiger partial charge in [0.1, 0.15) is 0 Å². The molecule has 2 nitrogen and oxygen atoms in total. The van der Waals surface area contributed by atoms with E-state index in [9.17, 15) is 4.48 Å². The minimum absolute atomic E-state index is 0.365. The normalized spacial score (nSPS) is 17.8. The zero-order valence-corrected chi connectivity index (χ0v) is 5.52. The lowest BCUT2D eigenvalue weighted by molar-refractivity contribution is 0.0451. The van der Waals surface area contributed by atoms with Crippen LogP contribution in [-0.2, 0) is 0 Å². The Morgan fingerprint density at radius 2 is 2.50 bits per heavy atom. The fourth-order valence-corrected chi connectivity index (χ4v) is 0.689. The Bertz CT molecular complexity index is 143. The van der Waals surface area contributed by atoms with Crippen LogP contribution in [0.25, 0.3) is 0 Å².